The maximum Gasteiger partial charge on any atom is 0.234 e. The highest BCUT2D eigenvalue weighted by atomic mass is 32.1. The highest BCUT2D eigenvalue weighted by Gasteiger charge is 2.72. The number of hydrogen-bond donors (Lipinski definition) is 1. The molecule has 0 bridgehead atoms. The summed E-state index contributed by atoms with van der Waals surface area (Å²) < 4.78 is 9.00. The van der Waals surface area contributed by atoms with E-state index in [1.54, 1.807) is 17.5 Å². The van der Waals surface area contributed by atoms with Gasteiger partial charge >= 0.3 is 0 Å². The van der Waals surface area contributed by atoms with Gasteiger partial charge in [0.05, 0.1) is 47.9 Å². The molecular weight excluding hydrogens is 426 g/mol. The van der Waals surface area contributed by atoms with Crippen molar-refractivity contribution in [3.63, 3.8) is 0 Å². The van der Waals surface area contributed by atoms with Gasteiger partial charge in [-0.3, -0.25) is 19.5 Å². The van der Waals surface area contributed by atoms with Gasteiger partial charge in [-0.15, -0.1) is 11.3 Å². The Balaban J connectivity index is 1.28. The summed E-state index contributed by atoms with van der Waals surface area (Å²) in [5.41, 5.74) is 1.68. The number of aromatic nitrogens is 3. The fraction of sp³-hybridized carbons (Fsp3) is 0.478. The highest BCUT2D eigenvalue weighted by Crippen LogP contribution is 2.63. The minimum Gasteiger partial charge on any atom is -0.374 e. The topological polar surface area (TPSA) is 89.3 Å². The smallest absolute Gasteiger partial charge is 0.234 e. The van der Waals surface area contributed by atoms with Crippen LogP contribution in [0.1, 0.15) is 18.7 Å². The molecule has 2 saturated heterocycles. The molecule has 1 aliphatic carbocycles. The van der Waals surface area contributed by atoms with Crippen molar-refractivity contribution in [2.24, 2.45) is 17.3 Å². The molecule has 9 heteroatoms. The van der Waals surface area contributed by atoms with Gasteiger partial charge in [-0.2, -0.15) is 0 Å². The van der Waals surface area contributed by atoms with E-state index in [0.29, 0.717) is 6.54 Å². The number of morpholine rings is 1. The van der Waals surface area contributed by atoms with Crippen LogP contribution in [0.2, 0.25) is 0 Å². The second kappa shape index (κ2) is 7.19. The van der Waals surface area contributed by atoms with Crippen molar-refractivity contribution in [3.8, 4) is 11.4 Å². The number of amides is 2. The lowest BCUT2D eigenvalue weighted by Crippen LogP contribution is -2.40. The maximum absolute atomic E-state index is 12.7. The molecule has 0 spiro atoms. The number of fused-ring (bicyclic) bond motifs is 2. The van der Waals surface area contributed by atoms with E-state index in [4.69, 9.17) is 4.74 Å². The SMILES string of the molecule is CC1(C)C2C(=O)N(Cc3cc4nccc(-c5nccn5C[C@H]5CNCCO5)c4s3)C(=O)C21. The van der Waals surface area contributed by atoms with Crippen LogP contribution in [-0.2, 0) is 27.4 Å². The van der Waals surface area contributed by atoms with E-state index in [-0.39, 0.29) is 35.2 Å². The Morgan fingerprint density at radius 1 is 1.22 bits per heavy atom. The zero-order valence-corrected chi connectivity index (χ0v) is 18.9. The van der Waals surface area contributed by atoms with Gasteiger partial charge in [0.25, 0.3) is 0 Å². The number of imidazole rings is 1. The number of piperidine rings is 1. The van der Waals surface area contributed by atoms with Gasteiger partial charge in [0.15, 0.2) is 0 Å². The molecule has 0 radical (unpaired) electrons. The van der Waals surface area contributed by atoms with Gasteiger partial charge in [0.2, 0.25) is 11.8 Å². The Bertz CT molecular complexity index is 1200. The van der Waals surface area contributed by atoms with Crippen molar-refractivity contribution in [2.75, 3.05) is 19.7 Å². The van der Waals surface area contributed by atoms with Crippen LogP contribution in [0.5, 0.6) is 0 Å². The zero-order chi connectivity index (χ0) is 22.0. The molecule has 2 amide bonds. The van der Waals surface area contributed by atoms with Crippen molar-refractivity contribution in [2.45, 2.75) is 33.0 Å². The van der Waals surface area contributed by atoms with Crippen LogP contribution in [0.25, 0.3) is 21.6 Å². The largest absolute Gasteiger partial charge is 0.374 e. The van der Waals surface area contributed by atoms with E-state index in [1.165, 1.54) is 4.90 Å². The first-order chi connectivity index (χ1) is 15.4. The second-order valence-electron chi connectivity index (χ2n) is 9.43. The minimum atomic E-state index is -0.186. The van der Waals surface area contributed by atoms with E-state index in [2.05, 4.69) is 19.9 Å². The summed E-state index contributed by atoms with van der Waals surface area (Å²) in [6.07, 6.45) is 5.68. The average molecular weight is 452 g/mol. The predicted molar refractivity (Wildman–Crippen MR) is 120 cm³/mol. The lowest BCUT2D eigenvalue weighted by Gasteiger charge is -2.24. The number of carbonyl (C=O) groups is 2. The number of likely N-dealkylation sites (tertiary alicyclic amines) is 1. The first-order valence-corrected chi connectivity index (χ1v) is 11.8. The van der Waals surface area contributed by atoms with E-state index < -0.39 is 0 Å². The molecule has 3 fully saturated rings. The maximum atomic E-state index is 12.7. The Morgan fingerprint density at radius 2 is 2.03 bits per heavy atom. The van der Waals surface area contributed by atoms with Crippen LogP contribution in [0.4, 0.5) is 0 Å². The van der Waals surface area contributed by atoms with Crippen LogP contribution in [0.3, 0.4) is 0 Å². The predicted octanol–water partition coefficient (Wildman–Crippen LogP) is 2.29. The van der Waals surface area contributed by atoms with Gasteiger partial charge in [-0.25, -0.2) is 4.98 Å². The van der Waals surface area contributed by atoms with E-state index in [1.807, 2.05) is 38.4 Å². The van der Waals surface area contributed by atoms with Gasteiger partial charge < -0.3 is 14.6 Å². The van der Waals surface area contributed by atoms with E-state index in [0.717, 1.165) is 52.7 Å². The Morgan fingerprint density at radius 3 is 2.78 bits per heavy atom. The normalized spacial score (nSPS) is 26.7. The third-order valence-electron chi connectivity index (χ3n) is 7.03. The molecule has 3 atom stereocenters. The molecule has 1 saturated carbocycles. The number of pyridine rings is 1. The number of carbonyl (C=O) groups excluding carboxylic acids is 2. The van der Waals surface area contributed by atoms with Gasteiger partial charge in [0.1, 0.15) is 5.82 Å². The summed E-state index contributed by atoms with van der Waals surface area (Å²) in [5.74, 6) is 0.500. The van der Waals surface area contributed by atoms with Crippen LogP contribution >= 0.6 is 11.3 Å². The number of ether oxygens (including phenoxy) is 1. The highest BCUT2D eigenvalue weighted by molar-refractivity contribution is 7.19. The van der Waals surface area contributed by atoms with Crippen LogP contribution in [0, 0.1) is 17.3 Å². The summed E-state index contributed by atoms with van der Waals surface area (Å²) in [4.78, 5) is 37.0. The summed E-state index contributed by atoms with van der Waals surface area (Å²) in [7, 11) is 0. The number of rotatable bonds is 5. The minimum absolute atomic E-state index is 0.0349. The fourth-order valence-corrected chi connectivity index (χ4v) is 6.33. The van der Waals surface area contributed by atoms with Crippen LogP contribution in [-0.4, -0.2) is 57.0 Å². The Labute approximate surface area is 189 Å². The molecule has 3 aromatic rings. The lowest BCUT2D eigenvalue weighted by molar-refractivity contribution is -0.143. The molecule has 5 heterocycles. The van der Waals surface area contributed by atoms with Crippen molar-refractivity contribution < 1.29 is 14.3 Å². The molecule has 2 unspecified atom stereocenters. The molecule has 8 nitrogen and oxygen atoms in total. The Hall–Kier alpha value is -2.62. The van der Waals surface area contributed by atoms with Crippen molar-refractivity contribution in [1.29, 1.82) is 0 Å². The summed E-state index contributed by atoms with van der Waals surface area (Å²) >= 11 is 1.58. The van der Waals surface area contributed by atoms with E-state index in [9.17, 15) is 9.59 Å². The quantitative estimate of drug-likeness (QED) is 0.599. The number of nitrogens with zero attached hydrogens (tertiary/aromatic N) is 4. The van der Waals surface area contributed by atoms with Gasteiger partial charge in [-0.1, -0.05) is 13.8 Å². The summed E-state index contributed by atoms with van der Waals surface area (Å²) in [6, 6.07) is 3.96. The molecule has 0 aromatic carbocycles. The summed E-state index contributed by atoms with van der Waals surface area (Å²) in [5, 5.41) is 3.37. The first kappa shape index (κ1) is 20.0. The second-order valence-corrected chi connectivity index (χ2v) is 10.6. The molecular formula is C23H25N5O3S. The van der Waals surface area contributed by atoms with Gasteiger partial charge in [-0.05, 0) is 17.5 Å². The number of nitrogens with one attached hydrogen (secondary N) is 1. The molecule has 3 aliphatic rings. The molecule has 1 N–H and O–H groups in total. The first-order valence-electron chi connectivity index (χ1n) is 11.0. The van der Waals surface area contributed by atoms with Crippen molar-refractivity contribution >= 4 is 33.4 Å². The molecule has 32 heavy (non-hydrogen) atoms. The van der Waals surface area contributed by atoms with Crippen LogP contribution in [0.15, 0.2) is 30.7 Å². The van der Waals surface area contributed by atoms with E-state index >= 15 is 0 Å². The zero-order valence-electron chi connectivity index (χ0n) is 18.1. The van der Waals surface area contributed by atoms with Crippen LogP contribution < -0.4 is 5.32 Å². The summed E-state index contributed by atoms with van der Waals surface area (Å²) in [6.45, 7) is 7.47. The molecule has 3 aromatic heterocycles. The van der Waals surface area contributed by atoms with Crippen molar-refractivity contribution in [3.05, 3.63) is 35.6 Å². The monoisotopic (exact) mass is 451 g/mol. The third kappa shape index (κ3) is 3.02. The number of hydrogen-bond acceptors (Lipinski definition) is 7. The van der Waals surface area contributed by atoms with Crippen molar-refractivity contribution in [1.82, 2.24) is 24.8 Å². The third-order valence-corrected chi connectivity index (χ3v) is 8.17. The lowest BCUT2D eigenvalue weighted by atomic mass is 10.1. The standard InChI is InChI=1S/C23H25N5O3S/c1-23(2)17-18(23)22(30)28(21(17)29)12-14-9-16-19(32-14)15(3-4-25-16)20-26-5-7-27(20)11-13-10-24-6-8-31-13/h3-5,7,9,13,17-18,24H,6,8,10-12H2,1-2H3/t13-,17?,18?/m1/s1. The number of imide groups is 1. The number of thiophene rings is 1. The molecule has 6 rings (SSSR count). The molecule has 166 valence electrons. The van der Waals surface area contributed by atoms with Gasteiger partial charge in [0, 0.05) is 42.1 Å². The fourth-order valence-electron chi connectivity index (χ4n) is 5.21. The Kier molecular flexibility index (Phi) is 4.50. The molecule has 2 aliphatic heterocycles. The average Bonchev–Trinajstić information content (AvgIpc) is 3.18.